The summed E-state index contributed by atoms with van der Waals surface area (Å²) in [5.41, 5.74) is -1.20. The summed E-state index contributed by atoms with van der Waals surface area (Å²) in [6, 6.07) is 3.41. The maximum atomic E-state index is 12.8. The fourth-order valence-electron chi connectivity index (χ4n) is 3.19. The maximum absolute atomic E-state index is 12.8. The van der Waals surface area contributed by atoms with E-state index in [1.54, 1.807) is 58.7 Å². The number of pyridine rings is 1. The first-order valence-corrected chi connectivity index (χ1v) is 11.8. The molecule has 1 aromatic heterocycles. The Hall–Kier alpha value is -2.88. The molecule has 0 saturated carbocycles. The van der Waals surface area contributed by atoms with E-state index in [-0.39, 0.29) is 11.9 Å². The summed E-state index contributed by atoms with van der Waals surface area (Å²) in [6.07, 6.45) is -0.389. The molecule has 0 aliphatic carbocycles. The zero-order chi connectivity index (χ0) is 26.6. The number of amides is 3. The highest BCUT2D eigenvalue weighted by atomic mass is 16.6. The summed E-state index contributed by atoms with van der Waals surface area (Å²) in [7, 11) is 0. The Morgan fingerprint density at radius 3 is 1.69 bits per heavy atom. The van der Waals surface area contributed by atoms with E-state index in [0.717, 1.165) is 10.5 Å². The molecule has 0 bridgehead atoms. The Morgan fingerprint density at radius 2 is 1.29 bits per heavy atom. The van der Waals surface area contributed by atoms with E-state index in [9.17, 15) is 14.4 Å². The van der Waals surface area contributed by atoms with Gasteiger partial charge in [0.25, 0.3) is 0 Å². The van der Waals surface area contributed by atoms with Gasteiger partial charge < -0.3 is 19.1 Å². The number of hydrogen-bond donors (Lipinski definition) is 0. The minimum atomic E-state index is -0.856. The van der Waals surface area contributed by atoms with Gasteiger partial charge in [0.15, 0.2) is 0 Å². The molecule has 1 aliphatic heterocycles. The van der Waals surface area contributed by atoms with Crippen LogP contribution >= 0.6 is 0 Å². The predicted molar refractivity (Wildman–Crippen MR) is 132 cm³/mol. The molecule has 0 unspecified atom stereocenters. The van der Waals surface area contributed by atoms with Crippen molar-refractivity contribution in [1.82, 2.24) is 14.8 Å². The standard InChI is InChI=1S/C25H40N4O6/c1-23(2,3)33-20(30)28-14-12-27(13-15-28)17-18-10-11-19(26-16-18)29(21(31)34-24(4,5)6)22(32)35-25(7,8)9/h10-11,16H,12-15,17H2,1-9H3. The molecule has 1 aromatic rings. The Kier molecular flexibility index (Phi) is 8.75. The van der Waals surface area contributed by atoms with E-state index < -0.39 is 29.0 Å². The molecule has 0 atom stereocenters. The molecular formula is C25H40N4O6. The van der Waals surface area contributed by atoms with Crippen molar-refractivity contribution in [1.29, 1.82) is 0 Å². The number of piperazine rings is 1. The normalized spacial score (nSPS) is 15.4. The Morgan fingerprint density at radius 1 is 0.800 bits per heavy atom. The summed E-state index contributed by atoms with van der Waals surface area (Å²) in [6.45, 7) is 19.0. The monoisotopic (exact) mass is 492 g/mol. The lowest BCUT2D eigenvalue weighted by molar-refractivity contribution is 0.0138. The van der Waals surface area contributed by atoms with Crippen LogP contribution in [0.4, 0.5) is 20.2 Å². The van der Waals surface area contributed by atoms with Crippen LogP contribution in [0.5, 0.6) is 0 Å². The minimum absolute atomic E-state index is 0.118. The van der Waals surface area contributed by atoms with Crippen molar-refractivity contribution >= 4 is 24.1 Å². The Bertz CT molecular complexity index is 861. The van der Waals surface area contributed by atoms with Crippen molar-refractivity contribution in [3.05, 3.63) is 23.9 Å². The highest BCUT2D eigenvalue weighted by molar-refractivity contribution is 6.08. The van der Waals surface area contributed by atoms with Gasteiger partial charge >= 0.3 is 18.3 Å². The lowest BCUT2D eigenvalue weighted by Gasteiger charge is -2.35. The smallest absolute Gasteiger partial charge is 0.425 e. The molecule has 0 N–H and O–H groups in total. The average Bonchev–Trinajstić information content (AvgIpc) is 2.66. The van der Waals surface area contributed by atoms with Gasteiger partial charge in [0.05, 0.1) is 0 Å². The summed E-state index contributed by atoms with van der Waals surface area (Å²) in [5, 5.41) is 0. The Balaban J connectivity index is 2.05. The lowest BCUT2D eigenvalue weighted by Crippen LogP contribution is -2.49. The second-order valence-corrected chi connectivity index (χ2v) is 11.6. The van der Waals surface area contributed by atoms with Crippen molar-refractivity contribution in [2.75, 3.05) is 31.1 Å². The van der Waals surface area contributed by atoms with Crippen LogP contribution in [-0.4, -0.2) is 76.0 Å². The third kappa shape index (κ3) is 9.71. The van der Waals surface area contributed by atoms with Crippen molar-refractivity contribution in [3.8, 4) is 0 Å². The van der Waals surface area contributed by atoms with Crippen LogP contribution in [0.25, 0.3) is 0 Å². The minimum Gasteiger partial charge on any atom is -0.444 e. The number of ether oxygens (including phenoxy) is 3. The van der Waals surface area contributed by atoms with E-state index in [1.807, 2.05) is 26.8 Å². The van der Waals surface area contributed by atoms with Crippen LogP contribution in [0.3, 0.4) is 0 Å². The summed E-state index contributed by atoms with van der Waals surface area (Å²) in [4.78, 5) is 46.9. The van der Waals surface area contributed by atoms with Crippen molar-refractivity contribution in [2.24, 2.45) is 0 Å². The lowest BCUT2D eigenvalue weighted by atomic mass is 10.2. The molecule has 0 aromatic carbocycles. The predicted octanol–water partition coefficient (Wildman–Crippen LogP) is 4.81. The third-order valence-electron chi connectivity index (χ3n) is 4.62. The van der Waals surface area contributed by atoms with E-state index in [1.165, 1.54) is 0 Å². The van der Waals surface area contributed by atoms with E-state index >= 15 is 0 Å². The van der Waals surface area contributed by atoms with Crippen molar-refractivity contribution < 1.29 is 28.6 Å². The summed E-state index contributed by atoms with van der Waals surface area (Å²) in [5.74, 6) is 0.118. The molecule has 2 rings (SSSR count). The molecule has 3 amide bonds. The number of aromatic nitrogens is 1. The van der Waals surface area contributed by atoms with Gasteiger partial charge in [-0.1, -0.05) is 6.07 Å². The number of imide groups is 1. The fourth-order valence-corrected chi connectivity index (χ4v) is 3.19. The topological polar surface area (TPSA) is 102 Å². The van der Waals surface area contributed by atoms with Gasteiger partial charge in [0.1, 0.15) is 22.6 Å². The number of hydrogen-bond acceptors (Lipinski definition) is 8. The molecule has 10 heteroatoms. The van der Waals surface area contributed by atoms with Crippen LogP contribution < -0.4 is 4.90 Å². The fraction of sp³-hybridized carbons (Fsp3) is 0.680. The second kappa shape index (κ2) is 10.8. The molecular weight excluding hydrogens is 452 g/mol. The van der Waals surface area contributed by atoms with E-state index in [2.05, 4.69) is 9.88 Å². The van der Waals surface area contributed by atoms with Gasteiger partial charge in [-0.2, -0.15) is 4.90 Å². The number of nitrogens with zero attached hydrogens (tertiary/aromatic N) is 4. The van der Waals surface area contributed by atoms with Crippen LogP contribution in [0.1, 0.15) is 67.9 Å². The molecule has 10 nitrogen and oxygen atoms in total. The first-order chi connectivity index (χ1) is 15.9. The molecule has 196 valence electrons. The number of anilines is 1. The maximum Gasteiger partial charge on any atom is 0.425 e. The molecule has 1 fully saturated rings. The van der Waals surface area contributed by atoms with Gasteiger partial charge in [0, 0.05) is 38.9 Å². The number of rotatable bonds is 3. The van der Waals surface area contributed by atoms with E-state index in [0.29, 0.717) is 32.7 Å². The van der Waals surface area contributed by atoms with Gasteiger partial charge in [-0.25, -0.2) is 19.4 Å². The zero-order valence-corrected chi connectivity index (χ0v) is 22.5. The third-order valence-corrected chi connectivity index (χ3v) is 4.62. The summed E-state index contributed by atoms with van der Waals surface area (Å²) >= 11 is 0. The van der Waals surface area contributed by atoms with Crippen molar-refractivity contribution in [2.45, 2.75) is 85.7 Å². The highest BCUT2D eigenvalue weighted by Crippen LogP contribution is 2.21. The average molecular weight is 493 g/mol. The molecule has 0 spiro atoms. The molecule has 1 saturated heterocycles. The highest BCUT2D eigenvalue weighted by Gasteiger charge is 2.33. The van der Waals surface area contributed by atoms with Gasteiger partial charge in [-0.3, -0.25) is 4.90 Å². The van der Waals surface area contributed by atoms with E-state index in [4.69, 9.17) is 14.2 Å². The first kappa shape index (κ1) is 28.4. The largest absolute Gasteiger partial charge is 0.444 e. The summed E-state index contributed by atoms with van der Waals surface area (Å²) < 4.78 is 16.2. The first-order valence-electron chi connectivity index (χ1n) is 11.8. The molecule has 1 aliphatic rings. The Labute approximate surface area is 208 Å². The second-order valence-electron chi connectivity index (χ2n) is 11.6. The number of carbonyl (C=O) groups excluding carboxylic acids is 3. The quantitative estimate of drug-likeness (QED) is 0.554. The zero-order valence-electron chi connectivity index (χ0n) is 22.5. The van der Waals surface area contributed by atoms with Crippen LogP contribution in [0.15, 0.2) is 18.3 Å². The van der Waals surface area contributed by atoms with Gasteiger partial charge in [-0.15, -0.1) is 0 Å². The van der Waals surface area contributed by atoms with Gasteiger partial charge in [0.2, 0.25) is 0 Å². The molecule has 35 heavy (non-hydrogen) atoms. The van der Waals surface area contributed by atoms with Crippen molar-refractivity contribution in [3.63, 3.8) is 0 Å². The van der Waals surface area contributed by atoms with Crippen LogP contribution in [0, 0.1) is 0 Å². The van der Waals surface area contributed by atoms with Crippen LogP contribution in [0.2, 0.25) is 0 Å². The molecule has 0 radical (unpaired) electrons. The number of carbonyl (C=O) groups is 3. The SMILES string of the molecule is CC(C)(C)OC(=O)N1CCN(Cc2ccc(N(C(=O)OC(C)(C)C)C(=O)OC(C)(C)C)nc2)CC1. The van der Waals surface area contributed by atoms with Crippen LogP contribution in [-0.2, 0) is 20.8 Å². The molecule has 2 heterocycles. The van der Waals surface area contributed by atoms with Gasteiger partial charge in [-0.05, 0) is 73.9 Å².